The second kappa shape index (κ2) is 8.91. The predicted octanol–water partition coefficient (Wildman–Crippen LogP) is 2.75. The summed E-state index contributed by atoms with van der Waals surface area (Å²) in [6, 6.07) is 0. The van der Waals surface area contributed by atoms with Gasteiger partial charge in [-0.05, 0) is 26.2 Å². The van der Waals surface area contributed by atoms with Crippen LogP contribution in [0.1, 0.15) is 53.9 Å². The van der Waals surface area contributed by atoms with Crippen LogP contribution in [-0.4, -0.2) is 41.0 Å². The molecule has 134 valence electrons. The Hall–Kier alpha value is -1.56. The van der Waals surface area contributed by atoms with Crippen molar-refractivity contribution in [3.8, 4) is 0 Å². The molecule has 0 radical (unpaired) electrons. The number of hydrogen-bond acceptors (Lipinski definition) is 6. The summed E-state index contributed by atoms with van der Waals surface area (Å²) in [4.78, 5) is 23.5. The average Bonchev–Trinajstić information content (AvgIpc) is 2.43. The maximum absolute atomic E-state index is 11.9. The standard InChI is InChI=1S/C17H30O6/c1-7-17(21,10-13(4)18)8-9-22-14(19)11-23-15(20)16(5,6)12(2)3/h12,18,21H,4,7-11H2,1-3,5-6H3. The lowest BCUT2D eigenvalue weighted by Gasteiger charge is -2.27. The molecule has 0 saturated heterocycles. The fourth-order valence-corrected chi connectivity index (χ4v) is 1.71. The van der Waals surface area contributed by atoms with Crippen molar-refractivity contribution in [3.05, 3.63) is 12.3 Å². The van der Waals surface area contributed by atoms with E-state index >= 15 is 0 Å². The number of ether oxygens (including phenoxy) is 2. The molecule has 0 heterocycles. The second-order valence-corrected chi connectivity index (χ2v) is 6.74. The van der Waals surface area contributed by atoms with Crippen molar-refractivity contribution in [1.29, 1.82) is 0 Å². The smallest absolute Gasteiger partial charge is 0.344 e. The first-order valence-corrected chi connectivity index (χ1v) is 7.86. The minimum Gasteiger partial charge on any atom is -0.513 e. The first-order chi connectivity index (χ1) is 10.4. The van der Waals surface area contributed by atoms with E-state index in [-0.39, 0.29) is 31.1 Å². The summed E-state index contributed by atoms with van der Waals surface area (Å²) in [6.07, 6.45) is 0.584. The molecule has 0 aliphatic rings. The third-order valence-corrected chi connectivity index (χ3v) is 4.31. The summed E-state index contributed by atoms with van der Waals surface area (Å²) in [5.74, 6) is -1.16. The lowest BCUT2D eigenvalue weighted by atomic mass is 9.81. The molecular weight excluding hydrogens is 300 g/mol. The molecule has 0 aromatic rings. The molecule has 0 aromatic heterocycles. The van der Waals surface area contributed by atoms with E-state index in [0.717, 1.165) is 0 Å². The van der Waals surface area contributed by atoms with Gasteiger partial charge in [0.05, 0.1) is 23.4 Å². The molecule has 2 N–H and O–H groups in total. The normalized spacial score (nSPS) is 14.2. The Bertz CT molecular complexity index is 427. The van der Waals surface area contributed by atoms with Crippen LogP contribution in [0.2, 0.25) is 0 Å². The highest BCUT2D eigenvalue weighted by atomic mass is 16.6. The maximum Gasteiger partial charge on any atom is 0.344 e. The van der Waals surface area contributed by atoms with Crippen LogP contribution in [0, 0.1) is 11.3 Å². The van der Waals surface area contributed by atoms with Crippen LogP contribution in [0.25, 0.3) is 0 Å². The number of rotatable bonds is 10. The molecule has 0 amide bonds. The number of aliphatic hydroxyl groups excluding tert-OH is 1. The molecule has 0 saturated carbocycles. The van der Waals surface area contributed by atoms with Gasteiger partial charge in [-0.2, -0.15) is 0 Å². The molecule has 6 nitrogen and oxygen atoms in total. The van der Waals surface area contributed by atoms with E-state index in [1.54, 1.807) is 20.8 Å². The fraction of sp³-hybridized carbons (Fsp3) is 0.765. The Kier molecular flexibility index (Phi) is 8.31. The summed E-state index contributed by atoms with van der Waals surface area (Å²) < 4.78 is 9.93. The molecular formula is C17H30O6. The van der Waals surface area contributed by atoms with Crippen molar-refractivity contribution in [1.82, 2.24) is 0 Å². The Balaban J connectivity index is 4.23. The van der Waals surface area contributed by atoms with E-state index in [1.807, 2.05) is 13.8 Å². The zero-order valence-electron chi connectivity index (χ0n) is 14.8. The molecule has 1 atom stereocenters. The Morgan fingerprint density at radius 3 is 2.22 bits per heavy atom. The lowest BCUT2D eigenvalue weighted by Crippen LogP contribution is -2.34. The van der Waals surface area contributed by atoms with Crippen LogP contribution >= 0.6 is 0 Å². The molecule has 0 rings (SSSR count). The van der Waals surface area contributed by atoms with E-state index in [0.29, 0.717) is 6.42 Å². The fourth-order valence-electron chi connectivity index (χ4n) is 1.71. The minimum atomic E-state index is -1.16. The van der Waals surface area contributed by atoms with Crippen molar-refractivity contribution >= 4 is 11.9 Å². The summed E-state index contributed by atoms with van der Waals surface area (Å²) in [5, 5.41) is 19.4. The van der Waals surface area contributed by atoms with Gasteiger partial charge < -0.3 is 19.7 Å². The quantitative estimate of drug-likeness (QED) is 0.472. The van der Waals surface area contributed by atoms with E-state index in [1.165, 1.54) is 0 Å². The maximum atomic E-state index is 11.9. The van der Waals surface area contributed by atoms with Crippen LogP contribution in [0.5, 0.6) is 0 Å². The van der Waals surface area contributed by atoms with Gasteiger partial charge in [0.25, 0.3) is 0 Å². The second-order valence-electron chi connectivity index (χ2n) is 6.74. The van der Waals surface area contributed by atoms with E-state index in [9.17, 15) is 19.8 Å². The zero-order valence-corrected chi connectivity index (χ0v) is 14.8. The van der Waals surface area contributed by atoms with Gasteiger partial charge in [-0.3, -0.25) is 4.79 Å². The molecule has 0 spiro atoms. The van der Waals surface area contributed by atoms with Crippen molar-refractivity contribution < 1.29 is 29.3 Å². The van der Waals surface area contributed by atoms with Gasteiger partial charge >= 0.3 is 11.9 Å². The molecule has 0 bridgehead atoms. The van der Waals surface area contributed by atoms with Gasteiger partial charge in [0.2, 0.25) is 0 Å². The Morgan fingerprint density at radius 1 is 1.22 bits per heavy atom. The lowest BCUT2D eigenvalue weighted by molar-refractivity contribution is -0.166. The van der Waals surface area contributed by atoms with Crippen LogP contribution in [0.15, 0.2) is 12.3 Å². The molecule has 1 unspecified atom stereocenters. The number of aliphatic hydroxyl groups is 2. The first kappa shape index (κ1) is 21.4. The van der Waals surface area contributed by atoms with Crippen molar-refractivity contribution in [3.63, 3.8) is 0 Å². The summed E-state index contributed by atoms with van der Waals surface area (Å²) >= 11 is 0. The van der Waals surface area contributed by atoms with Gasteiger partial charge in [-0.25, -0.2) is 4.79 Å². The van der Waals surface area contributed by atoms with Crippen LogP contribution < -0.4 is 0 Å². The molecule has 0 aromatic carbocycles. The molecule has 0 aliphatic heterocycles. The first-order valence-electron chi connectivity index (χ1n) is 7.86. The molecule has 0 fully saturated rings. The van der Waals surface area contributed by atoms with Gasteiger partial charge in [-0.1, -0.05) is 27.4 Å². The van der Waals surface area contributed by atoms with Crippen molar-refractivity contribution in [2.24, 2.45) is 11.3 Å². The average molecular weight is 330 g/mol. The Morgan fingerprint density at radius 2 is 1.78 bits per heavy atom. The SMILES string of the molecule is C=C(O)CC(O)(CC)CCOC(=O)COC(=O)C(C)(C)C(C)C. The van der Waals surface area contributed by atoms with Crippen LogP contribution in [0.3, 0.4) is 0 Å². The Labute approximate surface area is 138 Å². The summed E-state index contributed by atoms with van der Waals surface area (Å²) in [7, 11) is 0. The monoisotopic (exact) mass is 330 g/mol. The third-order valence-electron chi connectivity index (χ3n) is 4.31. The van der Waals surface area contributed by atoms with Gasteiger partial charge in [-0.15, -0.1) is 0 Å². The third kappa shape index (κ3) is 7.50. The van der Waals surface area contributed by atoms with E-state index < -0.39 is 29.6 Å². The van der Waals surface area contributed by atoms with Crippen molar-refractivity contribution in [2.75, 3.05) is 13.2 Å². The van der Waals surface area contributed by atoms with E-state index in [4.69, 9.17) is 9.47 Å². The molecule has 0 aliphatic carbocycles. The highest BCUT2D eigenvalue weighted by molar-refractivity contribution is 5.80. The van der Waals surface area contributed by atoms with E-state index in [2.05, 4.69) is 6.58 Å². The molecule has 6 heteroatoms. The minimum absolute atomic E-state index is 0.0262. The number of esters is 2. The summed E-state index contributed by atoms with van der Waals surface area (Å²) in [6.45, 7) is 12.0. The number of carbonyl (C=O) groups is 2. The topological polar surface area (TPSA) is 93.1 Å². The zero-order chi connectivity index (χ0) is 18.3. The predicted molar refractivity (Wildman–Crippen MR) is 86.8 cm³/mol. The van der Waals surface area contributed by atoms with Gasteiger partial charge in [0.1, 0.15) is 0 Å². The number of carbonyl (C=O) groups excluding carboxylic acids is 2. The largest absolute Gasteiger partial charge is 0.513 e. The van der Waals surface area contributed by atoms with Gasteiger partial charge in [0.15, 0.2) is 6.61 Å². The molecule has 23 heavy (non-hydrogen) atoms. The van der Waals surface area contributed by atoms with Crippen molar-refractivity contribution in [2.45, 2.75) is 59.5 Å². The highest BCUT2D eigenvalue weighted by Gasteiger charge is 2.33. The van der Waals surface area contributed by atoms with Crippen LogP contribution in [-0.2, 0) is 19.1 Å². The number of hydrogen-bond donors (Lipinski definition) is 2. The van der Waals surface area contributed by atoms with Gasteiger partial charge in [0, 0.05) is 12.8 Å². The van der Waals surface area contributed by atoms with Crippen LogP contribution in [0.4, 0.5) is 0 Å². The highest BCUT2D eigenvalue weighted by Crippen LogP contribution is 2.27. The summed E-state index contributed by atoms with van der Waals surface area (Å²) in [5.41, 5.74) is -1.84.